The second-order valence-corrected chi connectivity index (χ2v) is 4.77. The highest BCUT2D eigenvalue weighted by atomic mass is 19.4. The third-order valence-corrected chi connectivity index (χ3v) is 2.97. The van der Waals surface area contributed by atoms with Crippen molar-refractivity contribution in [1.82, 2.24) is 9.47 Å². The minimum atomic E-state index is -4.41. The normalized spacial score (nSPS) is 11.4. The van der Waals surface area contributed by atoms with Crippen molar-refractivity contribution in [3.05, 3.63) is 34.7 Å². The first-order chi connectivity index (χ1) is 9.83. The third-order valence-electron chi connectivity index (χ3n) is 2.97. The third kappa shape index (κ3) is 6.46. The van der Waals surface area contributed by atoms with Gasteiger partial charge in [-0.3, -0.25) is 9.59 Å². The lowest BCUT2D eigenvalue weighted by Gasteiger charge is -2.24. The number of hydrogen-bond donors (Lipinski definition) is 0. The summed E-state index contributed by atoms with van der Waals surface area (Å²) >= 11 is 0. The van der Waals surface area contributed by atoms with Crippen molar-refractivity contribution in [1.29, 1.82) is 0 Å². The molecule has 0 aromatic carbocycles. The maximum atomic E-state index is 12.5. The Morgan fingerprint density at radius 2 is 2.05 bits per heavy atom. The molecule has 118 valence electrons. The monoisotopic (exact) mass is 304 g/mol. The summed E-state index contributed by atoms with van der Waals surface area (Å²) in [6, 6.07) is 4.54. The number of rotatable bonds is 7. The number of aryl methyl sites for hydroxylation is 1. The number of alkyl halides is 3. The molecule has 0 atom stereocenters. The fourth-order valence-electron chi connectivity index (χ4n) is 1.88. The van der Waals surface area contributed by atoms with Crippen LogP contribution in [0.5, 0.6) is 0 Å². The Kier molecular flexibility index (Phi) is 6.45. The molecule has 21 heavy (non-hydrogen) atoms. The van der Waals surface area contributed by atoms with Crippen LogP contribution in [0.15, 0.2) is 29.2 Å². The van der Waals surface area contributed by atoms with E-state index >= 15 is 0 Å². The van der Waals surface area contributed by atoms with Gasteiger partial charge in [0.05, 0.1) is 0 Å². The van der Waals surface area contributed by atoms with E-state index in [1.165, 1.54) is 16.8 Å². The van der Waals surface area contributed by atoms with Gasteiger partial charge in [-0.2, -0.15) is 13.2 Å². The molecule has 0 aliphatic carbocycles. The molecule has 1 amide bonds. The van der Waals surface area contributed by atoms with Crippen molar-refractivity contribution in [2.24, 2.45) is 0 Å². The molecule has 0 unspecified atom stereocenters. The van der Waals surface area contributed by atoms with Gasteiger partial charge in [0.25, 0.3) is 5.56 Å². The Morgan fingerprint density at radius 3 is 2.62 bits per heavy atom. The van der Waals surface area contributed by atoms with E-state index in [1.807, 2.05) is 6.92 Å². The van der Waals surface area contributed by atoms with Crippen LogP contribution in [0.25, 0.3) is 0 Å². The van der Waals surface area contributed by atoms with E-state index in [-0.39, 0.29) is 25.1 Å². The van der Waals surface area contributed by atoms with Gasteiger partial charge in [0.2, 0.25) is 5.91 Å². The summed E-state index contributed by atoms with van der Waals surface area (Å²) in [7, 11) is 0. The Morgan fingerprint density at radius 1 is 1.33 bits per heavy atom. The van der Waals surface area contributed by atoms with Gasteiger partial charge in [-0.25, -0.2) is 0 Å². The zero-order chi connectivity index (χ0) is 15.9. The summed E-state index contributed by atoms with van der Waals surface area (Å²) in [4.78, 5) is 24.2. The molecule has 0 bridgehead atoms. The molecule has 0 spiro atoms. The van der Waals surface area contributed by atoms with Crippen LogP contribution in [-0.2, 0) is 11.3 Å². The van der Waals surface area contributed by atoms with Crippen molar-refractivity contribution in [3.8, 4) is 0 Å². The van der Waals surface area contributed by atoms with Crippen molar-refractivity contribution < 1.29 is 18.0 Å². The topological polar surface area (TPSA) is 42.3 Å². The van der Waals surface area contributed by atoms with E-state index < -0.39 is 18.6 Å². The molecule has 0 saturated heterocycles. The van der Waals surface area contributed by atoms with Crippen LogP contribution in [0.1, 0.15) is 26.2 Å². The predicted molar refractivity (Wildman–Crippen MR) is 72.9 cm³/mol. The Balaban J connectivity index is 2.63. The summed E-state index contributed by atoms with van der Waals surface area (Å²) in [6.45, 7) is 0.771. The zero-order valence-corrected chi connectivity index (χ0v) is 11.9. The number of hydrogen-bond acceptors (Lipinski definition) is 2. The van der Waals surface area contributed by atoms with Gasteiger partial charge in [-0.15, -0.1) is 0 Å². The first-order valence-corrected chi connectivity index (χ1v) is 6.83. The molecule has 0 N–H and O–H groups in total. The van der Waals surface area contributed by atoms with Gasteiger partial charge >= 0.3 is 6.18 Å². The fraction of sp³-hybridized carbons (Fsp3) is 0.571. The van der Waals surface area contributed by atoms with Gasteiger partial charge in [-0.1, -0.05) is 19.4 Å². The van der Waals surface area contributed by atoms with Crippen molar-refractivity contribution in [3.63, 3.8) is 0 Å². The van der Waals surface area contributed by atoms with Crippen LogP contribution in [0, 0.1) is 0 Å². The highest BCUT2D eigenvalue weighted by molar-refractivity contribution is 5.76. The number of amides is 1. The van der Waals surface area contributed by atoms with Crippen LogP contribution in [-0.4, -0.2) is 34.6 Å². The Labute approximate surface area is 121 Å². The zero-order valence-electron chi connectivity index (χ0n) is 11.9. The second kappa shape index (κ2) is 7.85. The van der Waals surface area contributed by atoms with Gasteiger partial charge in [-0.05, 0) is 12.5 Å². The molecule has 1 rings (SSSR count). The summed E-state index contributed by atoms with van der Waals surface area (Å²) in [5.41, 5.74) is -0.277. The molecule has 1 heterocycles. The summed E-state index contributed by atoms with van der Waals surface area (Å²) < 4.78 is 38.7. The summed E-state index contributed by atoms with van der Waals surface area (Å²) in [5.74, 6) is -0.587. The maximum Gasteiger partial charge on any atom is 0.406 e. The fourth-order valence-corrected chi connectivity index (χ4v) is 1.88. The minimum absolute atomic E-state index is 0.0819. The Hall–Kier alpha value is -1.79. The minimum Gasteiger partial charge on any atom is -0.334 e. The summed E-state index contributed by atoms with van der Waals surface area (Å²) in [6.07, 6.45) is -1.79. The molecule has 0 aliphatic heterocycles. The van der Waals surface area contributed by atoms with E-state index in [0.717, 1.165) is 4.90 Å². The second-order valence-electron chi connectivity index (χ2n) is 4.77. The van der Waals surface area contributed by atoms with Gasteiger partial charge in [0.1, 0.15) is 6.54 Å². The van der Waals surface area contributed by atoms with Crippen LogP contribution in [0.3, 0.4) is 0 Å². The average Bonchev–Trinajstić information content (AvgIpc) is 2.41. The predicted octanol–water partition coefficient (Wildman–Crippen LogP) is 2.43. The highest BCUT2D eigenvalue weighted by Crippen LogP contribution is 2.17. The average molecular weight is 304 g/mol. The van der Waals surface area contributed by atoms with Crippen molar-refractivity contribution in [2.75, 3.05) is 13.1 Å². The van der Waals surface area contributed by atoms with Gasteiger partial charge in [0, 0.05) is 31.8 Å². The van der Waals surface area contributed by atoms with Crippen molar-refractivity contribution >= 4 is 5.91 Å². The number of carbonyl (C=O) groups is 1. The number of pyridine rings is 1. The van der Waals surface area contributed by atoms with E-state index in [0.29, 0.717) is 12.8 Å². The molecule has 0 fully saturated rings. The number of nitrogens with zero attached hydrogens (tertiary/aromatic N) is 2. The lowest BCUT2D eigenvalue weighted by atomic mass is 10.2. The number of unbranched alkanes of at least 4 members (excludes halogenated alkanes) is 1. The molecule has 1 aromatic heterocycles. The number of aromatic nitrogens is 1. The van der Waals surface area contributed by atoms with Crippen LogP contribution < -0.4 is 5.56 Å². The molecular formula is C14H19F3N2O2. The van der Waals surface area contributed by atoms with Gasteiger partial charge < -0.3 is 9.47 Å². The maximum absolute atomic E-state index is 12.5. The number of halogens is 3. The molecule has 0 saturated carbocycles. The summed E-state index contributed by atoms with van der Waals surface area (Å²) in [5, 5.41) is 0. The number of carbonyl (C=O) groups excluding carboxylic acids is 1. The first kappa shape index (κ1) is 17.3. The van der Waals surface area contributed by atoms with E-state index in [4.69, 9.17) is 0 Å². The lowest BCUT2D eigenvalue weighted by molar-refractivity contribution is -0.161. The molecule has 4 nitrogen and oxygen atoms in total. The molecule has 0 radical (unpaired) electrons. The lowest BCUT2D eigenvalue weighted by Crippen LogP contribution is -2.40. The highest BCUT2D eigenvalue weighted by Gasteiger charge is 2.32. The molecule has 7 heteroatoms. The smallest absolute Gasteiger partial charge is 0.334 e. The Bertz CT molecular complexity index is 511. The standard InChI is InChI=1S/C14H19F3N2O2/c1-2-3-8-19(11-14(15,16)17)13(21)7-10-18-9-5-4-6-12(18)20/h4-6,9H,2-3,7-8,10-11H2,1H3. The van der Waals surface area contributed by atoms with Crippen LogP contribution >= 0.6 is 0 Å². The molecular weight excluding hydrogens is 285 g/mol. The van der Waals surface area contributed by atoms with Crippen LogP contribution in [0.2, 0.25) is 0 Å². The SMILES string of the molecule is CCCCN(CC(F)(F)F)C(=O)CCn1ccccc1=O. The van der Waals surface area contributed by atoms with Gasteiger partial charge in [0.15, 0.2) is 0 Å². The molecule has 1 aromatic rings. The first-order valence-electron chi connectivity index (χ1n) is 6.83. The van der Waals surface area contributed by atoms with E-state index in [9.17, 15) is 22.8 Å². The van der Waals surface area contributed by atoms with E-state index in [1.54, 1.807) is 12.1 Å². The quantitative estimate of drug-likeness (QED) is 0.776. The van der Waals surface area contributed by atoms with Crippen LogP contribution in [0.4, 0.5) is 13.2 Å². The van der Waals surface area contributed by atoms with E-state index in [2.05, 4.69) is 0 Å². The largest absolute Gasteiger partial charge is 0.406 e. The van der Waals surface area contributed by atoms with Crippen molar-refractivity contribution in [2.45, 2.75) is 38.9 Å². The molecule has 0 aliphatic rings.